The van der Waals surface area contributed by atoms with Gasteiger partial charge in [0.1, 0.15) is 24.8 Å². The first-order valence-corrected chi connectivity index (χ1v) is 31.4. The fourth-order valence-electron chi connectivity index (χ4n) is 11.0. The van der Waals surface area contributed by atoms with Gasteiger partial charge in [-0.05, 0) is 166 Å². The van der Waals surface area contributed by atoms with Gasteiger partial charge in [-0.25, -0.2) is 0 Å². The summed E-state index contributed by atoms with van der Waals surface area (Å²) >= 11 is 17.6. The number of likely N-dealkylation sites (N-methyl/N-ethyl adjacent to an activating group) is 2. The lowest BCUT2D eigenvalue weighted by molar-refractivity contribution is -0.126. The third kappa shape index (κ3) is 20.5. The number of fused-ring (bicyclic) bond motifs is 2. The highest BCUT2D eigenvalue weighted by Gasteiger charge is 2.35. The smallest absolute Gasteiger partial charge is 0.318 e. The van der Waals surface area contributed by atoms with Gasteiger partial charge < -0.3 is 39.7 Å². The second kappa shape index (κ2) is 34.5. The molecule has 0 radical (unpaired) electrons. The van der Waals surface area contributed by atoms with Crippen LogP contribution in [0.2, 0.25) is 10.0 Å². The van der Waals surface area contributed by atoms with Crippen molar-refractivity contribution in [2.45, 2.75) is 178 Å². The molecule has 0 unspecified atom stereocenters. The number of amides is 1. The van der Waals surface area contributed by atoms with Crippen LogP contribution in [0.3, 0.4) is 0 Å². The summed E-state index contributed by atoms with van der Waals surface area (Å²) in [4.78, 5) is 66.7. The van der Waals surface area contributed by atoms with E-state index in [1.165, 1.54) is 50.2 Å². The van der Waals surface area contributed by atoms with Gasteiger partial charge in [0.15, 0.2) is 0 Å². The molecule has 1 amide bonds. The van der Waals surface area contributed by atoms with Gasteiger partial charge in [0.05, 0.1) is 32.8 Å². The number of allylic oxidation sites excluding steroid dienone is 1. The molecule has 4 atom stereocenters. The van der Waals surface area contributed by atoms with Crippen molar-refractivity contribution in [3.63, 3.8) is 0 Å². The molecule has 4 aromatic heterocycles. The fourth-order valence-corrected chi connectivity index (χ4v) is 11.3. The van der Waals surface area contributed by atoms with E-state index in [0.717, 1.165) is 120 Å². The number of aromatic nitrogens is 6. The molecule has 10 rings (SSSR count). The van der Waals surface area contributed by atoms with E-state index in [9.17, 15) is 9.59 Å². The van der Waals surface area contributed by atoms with Crippen molar-refractivity contribution in [1.29, 1.82) is 0 Å². The number of nitrogens with two attached hydrogens (primary N) is 1. The van der Waals surface area contributed by atoms with E-state index in [2.05, 4.69) is 108 Å². The lowest BCUT2D eigenvalue weighted by atomic mass is 10.0. The van der Waals surface area contributed by atoms with Gasteiger partial charge in [0, 0.05) is 112 Å². The molecule has 21 heteroatoms. The molecule has 0 aliphatic carbocycles. The zero-order chi connectivity index (χ0) is 61.2. The van der Waals surface area contributed by atoms with Gasteiger partial charge in [0.25, 0.3) is 0 Å². The van der Waals surface area contributed by atoms with Crippen LogP contribution in [0.5, 0.6) is 12.0 Å². The molecule has 18 nitrogen and oxygen atoms in total. The number of likely N-dealkylation sites (tertiary alicyclic amines) is 2. The summed E-state index contributed by atoms with van der Waals surface area (Å²) in [5.41, 5.74) is 13.0. The Kier molecular flexibility index (Phi) is 28.7. The first-order chi connectivity index (χ1) is 40.1. The number of rotatable bonds is 15. The molecule has 2 N–H and O–H groups in total. The third-order valence-electron chi connectivity index (χ3n) is 16.6. The number of aryl methyl sites for hydroxylation is 2. The minimum absolute atomic E-state index is 0. The molecule has 470 valence electrons. The maximum absolute atomic E-state index is 12.2. The summed E-state index contributed by atoms with van der Waals surface area (Å²) in [6.07, 6.45) is 10.9. The van der Waals surface area contributed by atoms with Crippen molar-refractivity contribution in [3.8, 4) is 12.0 Å². The predicted octanol–water partition coefficient (Wildman–Crippen LogP) is 11.1. The maximum Gasteiger partial charge on any atom is 0.318 e. The van der Waals surface area contributed by atoms with E-state index in [1.807, 2.05) is 49.9 Å². The molecule has 0 saturated carbocycles. The number of pyridine rings is 2. The number of carbonyl (C=O) groups is 2. The van der Waals surface area contributed by atoms with E-state index >= 15 is 0 Å². The van der Waals surface area contributed by atoms with Crippen molar-refractivity contribution < 1.29 is 19.1 Å². The zero-order valence-electron chi connectivity index (χ0n) is 52.1. The van der Waals surface area contributed by atoms with Crippen molar-refractivity contribution >= 4 is 57.6 Å². The molecule has 6 aliphatic rings. The molecule has 4 saturated heterocycles. The second-order valence-corrected chi connectivity index (χ2v) is 24.9. The van der Waals surface area contributed by atoms with Crippen LogP contribution >= 0.6 is 34.8 Å². The Morgan fingerprint density at radius 1 is 0.647 bits per heavy atom. The number of hydrogen-bond donors (Lipinski definition) is 1. The lowest BCUT2D eigenvalue weighted by Crippen LogP contribution is -2.54. The quantitative estimate of drug-likeness (QED) is 0.0877. The van der Waals surface area contributed by atoms with Crippen molar-refractivity contribution in [2.75, 3.05) is 82.9 Å². The number of piperidine rings is 1. The Morgan fingerprint density at radius 2 is 1.09 bits per heavy atom. The summed E-state index contributed by atoms with van der Waals surface area (Å²) in [5, 5.41) is 0.886. The molecule has 0 spiro atoms. The Balaban J connectivity index is 0.000000253. The van der Waals surface area contributed by atoms with Gasteiger partial charge in [-0.2, -0.15) is 19.9 Å². The average molecular weight is 1230 g/mol. The van der Waals surface area contributed by atoms with E-state index in [1.54, 1.807) is 0 Å². The van der Waals surface area contributed by atoms with Crippen LogP contribution in [0, 0.1) is 25.7 Å². The van der Waals surface area contributed by atoms with Crippen LogP contribution in [-0.2, 0) is 48.9 Å². The van der Waals surface area contributed by atoms with Crippen LogP contribution in [0.4, 0.5) is 11.6 Å². The number of piperazine rings is 1. The first-order valence-electron chi connectivity index (χ1n) is 30.2. The molecule has 4 fully saturated rings. The summed E-state index contributed by atoms with van der Waals surface area (Å²) in [5.74, 6) is 3.64. The van der Waals surface area contributed by atoms with Gasteiger partial charge in [-0.3, -0.25) is 29.4 Å². The second-order valence-electron chi connectivity index (χ2n) is 23.7. The van der Waals surface area contributed by atoms with Crippen molar-refractivity contribution in [3.05, 3.63) is 105 Å². The number of anilines is 2. The molecule has 6 aliphatic heterocycles. The van der Waals surface area contributed by atoms with Crippen molar-refractivity contribution in [1.82, 2.24) is 54.4 Å². The van der Waals surface area contributed by atoms with Crippen LogP contribution in [-0.4, -0.2) is 163 Å². The summed E-state index contributed by atoms with van der Waals surface area (Å²) in [6, 6.07) is 10.1. The highest BCUT2D eigenvalue weighted by molar-refractivity contribution is 6.66. The van der Waals surface area contributed by atoms with E-state index in [-0.39, 0.29) is 19.4 Å². The van der Waals surface area contributed by atoms with E-state index in [4.69, 9.17) is 69.9 Å². The highest BCUT2D eigenvalue weighted by atomic mass is 35.5. The molecule has 0 aromatic carbocycles. The normalized spacial score (nSPS) is 20.4. The number of carbonyl (C=O) groups excluding carboxylic acids is 2. The molecular weight excluding hydrogens is 1140 g/mol. The summed E-state index contributed by atoms with van der Waals surface area (Å²) in [7, 11) is 4.32. The van der Waals surface area contributed by atoms with Gasteiger partial charge in [-0.1, -0.05) is 78.4 Å². The standard InChI is InChI=1S/C27H36ClN7O2.C25H35ClN6O.C6H14.C3H3ClO.C2H7N.CH4/c1-5-25(36)34-11-12-35(19(3)13-34)26-21-14-33(16-24-22(28)9-8-18(2)29-24)15-23(21)30-27(31-26)37-17-20-7-6-10-32(20)4;1-17-9-10-21(26)23(27-17)15-31-13-20-22(14-31)28-25(33-16-19-8-6-11-30(19)3)29-24(20)32-12-5-4-7-18(32)2;1-5(2)6(3)4;1-2-3(4)5;1-2-3;/h5,8-9,19-20H,1,6-7,10-17H2,2-4H3;9-10,18-19H,4-8,11-16H2,1-3H3;5-6H,1-4H3;2H,1H2;2-3H2,1H3;1H4/t19-,20-;18-,19-;;;;/m00..../s1. The Bertz CT molecular complexity index is 2800. The summed E-state index contributed by atoms with van der Waals surface area (Å²) < 4.78 is 12.4. The predicted molar refractivity (Wildman–Crippen MR) is 347 cm³/mol. The monoisotopic (exact) mass is 1230 g/mol. The largest absolute Gasteiger partial charge is 0.462 e. The fraction of sp³-hybridized carbons (Fsp3) is 0.625. The van der Waals surface area contributed by atoms with Crippen LogP contribution in [0.1, 0.15) is 146 Å². The minimum atomic E-state index is -0.509. The Morgan fingerprint density at radius 3 is 1.47 bits per heavy atom. The minimum Gasteiger partial charge on any atom is -0.462 e. The molecule has 4 aromatic rings. The highest BCUT2D eigenvalue weighted by Crippen LogP contribution is 2.37. The molecule has 10 heterocycles. The molecule has 0 bridgehead atoms. The third-order valence-corrected chi connectivity index (χ3v) is 17.4. The molecular formula is C64H99Cl3N14O4. The zero-order valence-corrected chi connectivity index (χ0v) is 54.3. The number of ether oxygens (including phenoxy) is 2. The lowest BCUT2D eigenvalue weighted by Gasteiger charge is -2.40. The van der Waals surface area contributed by atoms with Gasteiger partial charge in [0.2, 0.25) is 11.1 Å². The SMILES string of the molecule is C.C=CC(=O)Cl.C=CC(=O)N1CCN(c2nc(OC[C@@H]3CCCN3C)nc3c2CN(Cc2nc(C)ccc2Cl)C3)[C@@H](C)C1.CC(C)C(C)C.CCN.Cc1ccc(Cl)c(CN2Cc3nc(OC[C@@H]4CCCN4C)nc(N4CCCC[C@@H]4C)c3C2)n1. The van der Waals surface area contributed by atoms with E-state index in [0.29, 0.717) is 94.2 Å². The van der Waals surface area contributed by atoms with E-state index < -0.39 is 5.24 Å². The Labute approximate surface area is 523 Å². The number of nitrogens with zero attached hydrogens (tertiary/aromatic N) is 13. The van der Waals surface area contributed by atoms with Gasteiger partial charge in [-0.15, -0.1) is 0 Å². The van der Waals surface area contributed by atoms with Crippen LogP contribution in [0.15, 0.2) is 49.6 Å². The average Bonchev–Trinajstić information content (AvgIpc) is 3.19. The number of halogens is 3. The van der Waals surface area contributed by atoms with Crippen molar-refractivity contribution in [2.24, 2.45) is 17.6 Å². The van der Waals surface area contributed by atoms with Crippen LogP contribution < -0.4 is 25.0 Å². The molecule has 85 heavy (non-hydrogen) atoms. The Hall–Kier alpha value is -5.05. The first kappa shape index (κ1) is 70.7. The topological polar surface area (TPSA) is 179 Å². The van der Waals surface area contributed by atoms with Crippen LogP contribution in [0.25, 0.3) is 0 Å². The summed E-state index contributed by atoms with van der Waals surface area (Å²) in [6.45, 7) is 37.5. The maximum atomic E-state index is 12.2. The number of hydrogen-bond acceptors (Lipinski definition) is 17. The van der Waals surface area contributed by atoms with Gasteiger partial charge >= 0.3 is 12.0 Å².